The van der Waals surface area contributed by atoms with Gasteiger partial charge in [-0.15, -0.1) is 0 Å². The molecule has 0 saturated carbocycles. The highest BCUT2D eigenvalue weighted by Gasteiger charge is 2.08. The van der Waals surface area contributed by atoms with Gasteiger partial charge in [-0.2, -0.15) is 0 Å². The van der Waals surface area contributed by atoms with E-state index in [-0.39, 0.29) is 11.8 Å². The van der Waals surface area contributed by atoms with E-state index < -0.39 is 9.84 Å². The lowest BCUT2D eigenvalue weighted by Gasteiger charge is -2.12. The van der Waals surface area contributed by atoms with Crippen LogP contribution in [0.3, 0.4) is 0 Å². The van der Waals surface area contributed by atoms with Crippen molar-refractivity contribution in [3.63, 3.8) is 0 Å². The van der Waals surface area contributed by atoms with E-state index in [2.05, 4.69) is 5.32 Å². The van der Waals surface area contributed by atoms with Gasteiger partial charge >= 0.3 is 0 Å². The molecule has 0 saturated heterocycles. The maximum atomic E-state index is 10.9. The lowest BCUT2D eigenvalue weighted by atomic mass is 10.4. The van der Waals surface area contributed by atoms with Crippen molar-refractivity contribution in [2.24, 2.45) is 0 Å². The number of hydrogen-bond donors (Lipinski definition) is 1. The van der Waals surface area contributed by atoms with E-state index in [1.165, 1.54) is 6.26 Å². The standard InChI is InChI=1S/C9H21NO4S/c1-9(8-15(3,11)12)10-4-5-14-7-6-13-2/h9-10H,4-8H2,1-3H3. The molecule has 0 aromatic heterocycles. The Bertz CT molecular complexity index is 240. The number of rotatable bonds is 9. The largest absolute Gasteiger partial charge is 0.382 e. The van der Waals surface area contributed by atoms with E-state index in [4.69, 9.17) is 9.47 Å². The molecule has 5 nitrogen and oxygen atoms in total. The lowest BCUT2D eigenvalue weighted by Crippen LogP contribution is -2.35. The van der Waals surface area contributed by atoms with E-state index in [1.54, 1.807) is 7.11 Å². The molecular formula is C9H21NO4S. The summed E-state index contributed by atoms with van der Waals surface area (Å²) in [4.78, 5) is 0. The van der Waals surface area contributed by atoms with Gasteiger partial charge in [0.15, 0.2) is 0 Å². The molecule has 0 bridgehead atoms. The van der Waals surface area contributed by atoms with Crippen LogP contribution in [0.1, 0.15) is 6.92 Å². The molecule has 0 amide bonds. The zero-order valence-corrected chi connectivity index (χ0v) is 10.5. The third kappa shape index (κ3) is 11.8. The maximum Gasteiger partial charge on any atom is 0.148 e. The topological polar surface area (TPSA) is 64.6 Å². The third-order valence-electron chi connectivity index (χ3n) is 1.72. The van der Waals surface area contributed by atoms with Crippen molar-refractivity contribution >= 4 is 9.84 Å². The first-order chi connectivity index (χ1) is 6.95. The third-order valence-corrected chi connectivity index (χ3v) is 2.83. The lowest BCUT2D eigenvalue weighted by molar-refractivity contribution is 0.0714. The molecule has 0 aromatic rings. The van der Waals surface area contributed by atoms with Crippen molar-refractivity contribution < 1.29 is 17.9 Å². The second kappa shape index (κ2) is 8.04. The zero-order valence-electron chi connectivity index (χ0n) is 9.65. The van der Waals surface area contributed by atoms with Gasteiger partial charge in [0.25, 0.3) is 0 Å². The molecule has 0 aliphatic heterocycles. The van der Waals surface area contributed by atoms with Crippen LogP contribution in [0, 0.1) is 0 Å². The van der Waals surface area contributed by atoms with E-state index in [1.807, 2.05) is 6.92 Å². The average Bonchev–Trinajstić information content (AvgIpc) is 2.08. The second-order valence-corrected chi connectivity index (χ2v) is 5.74. The Hall–Kier alpha value is -0.170. The highest BCUT2D eigenvalue weighted by molar-refractivity contribution is 7.90. The summed E-state index contributed by atoms with van der Waals surface area (Å²) >= 11 is 0. The normalized spacial score (nSPS) is 14.1. The van der Waals surface area contributed by atoms with Gasteiger partial charge in [-0.3, -0.25) is 0 Å². The van der Waals surface area contributed by atoms with Crippen LogP contribution in [-0.4, -0.2) is 59.9 Å². The van der Waals surface area contributed by atoms with Gasteiger partial charge < -0.3 is 14.8 Å². The Labute approximate surface area is 92.1 Å². The van der Waals surface area contributed by atoms with Gasteiger partial charge in [0.1, 0.15) is 9.84 Å². The minimum absolute atomic E-state index is 0.0361. The van der Waals surface area contributed by atoms with Gasteiger partial charge in [0, 0.05) is 26.0 Å². The molecule has 1 N–H and O–H groups in total. The molecule has 92 valence electrons. The highest BCUT2D eigenvalue weighted by Crippen LogP contribution is 1.89. The van der Waals surface area contributed by atoms with Crippen molar-refractivity contribution in [3.05, 3.63) is 0 Å². The van der Waals surface area contributed by atoms with Gasteiger partial charge in [-0.25, -0.2) is 8.42 Å². The first-order valence-electron chi connectivity index (χ1n) is 4.93. The van der Waals surface area contributed by atoms with Crippen LogP contribution in [0.5, 0.6) is 0 Å². The molecule has 0 aliphatic rings. The molecule has 0 heterocycles. The number of hydrogen-bond acceptors (Lipinski definition) is 5. The fourth-order valence-electron chi connectivity index (χ4n) is 1.13. The first kappa shape index (κ1) is 14.8. The predicted molar refractivity (Wildman–Crippen MR) is 59.9 cm³/mol. The SMILES string of the molecule is COCCOCCNC(C)CS(C)(=O)=O. The van der Waals surface area contributed by atoms with Crippen LogP contribution in [0.15, 0.2) is 0 Å². The summed E-state index contributed by atoms with van der Waals surface area (Å²) in [6.45, 7) is 4.21. The zero-order chi connectivity index (χ0) is 11.7. The van der Waals surface area contributed by atoms with Gasteiger partial charge in [-0.1, -0.05) is 0 Å². The number of sulfone groups is 1. The second-order valence-electron chi connectivity index (χ2n) is 3.55. The summed E-state index contributed by atoms with van der Waals surface area (Å²) in [6.07, 6.45) is 1.24. The molecule has 0 radical (unpaired) electrons. The Balaban J connectivity index is 3.36. The van der Waals surface area contributed by atoms with Crippen LogP contribution in [-0.2, 0) is 19.3 Å². The number of methoxy groups -OCH3 is 1. The molecule has 0 fully saturated rings. The summed E-state index contributed by atoms with van der Waals surface area (Å²) in [7, 11) is -1.28. The van der Waals surface area contributed by atoms with Crippen LogP contribution >= 0.6 is 0 Å². The summed E-state index contributed by atoms with van der Waals surface area (Å²) in [5.41, 5.74) is 0. The Morgan fingerprint density at radius 3 is 2.47 bits per heavy atom. The molecule has 0 rings (SSSR count). The Kier molecular flexibility index (Phi) is 7.95. The smallest absolute Gasteiger partial charge is 0.148 e. The van der Waals surface area contributed by atoms with E-state index in [0.717, 1.165) is 0 Å². The van der Waals surface area contributed by atoms with Crippen LogP contribution in [0.25, 0.3) is 0 Å². The molecule has 0 spiro atoms. The summed E-state index contributed by atoms with van der Waals surface area (Å²) in [6, 6.07) is -0.0361. The molecule has 15 heavy (non-hydrogen) atoms. The minimum Gasteiger partial charge on any atom is -0.382 e. The van der Waals surface area contributed by atoms with Crippen LogP contribution < -0.4 is 5.32 Å². The maximum absolute atomic E-state index is 10.9. The monoisotopic (exact) mass is 239 g/mol. The Morgan fingerprint density at radius 1 is 1.27 bits per heavy atom. The fraction of sp³-hybridized carbons (Fsp3) is 1.00. The average molecular weight is 239 g/mol. The van der Waals surface area contributed by atoms with Gasteiger partial charge in [0.2, 0.25) is 0 Å². The van der Waals surface area contributed by atoms with Crippen molar-refractivity contribution in [3.8, 4) is 0 Å². The van der Waals surface area contributed by atoms with Gasteiger partial charge in [-0.05, 0) is 6.92 Å². The van der Waals surface area contributed by atoms with E-state index in [9.17, 15) is 8.42 Å². The van der Waals surface area contributed by atoms with Crippen molar-refractivity contribution in [1.82, 2.24) is 5.32 Å². The fourth-order valence-corrected chi connectivity index (χ4v) is 2.16. The summed E-state index contributed by atoms with van der Waals surface area (Å²) < 4.78 is 31.9. The predicted octanol–water partition coefficient (Wildman–Crippen LogP) is -0.328. The molecule has 0 aliphatic carbocycles. The van der Waals surface area contributed by atoms with Gasteiger partial charge in [0.05, 0.1) is 25.6 Å². The minimum atomic E-state index is -2.90. The Morgan fingerprint density at radius 2 is 1.93 bits per heavy atom. The van der Waals surface area contributed by atoms with Crippen molar-refractivity contribution in [2.45, 2.75) is 13.0 Å². The molecule has 1 unspecified atom stereocenters. The summed E-state index contributed by atoms with van der Waals surface area (Å²) in [5, 5.41) is 3.07. The molecular weight excluding hydrogens is 218 g/mol. The van der Waals surface area contributed by atoms with E-state index >= 15 is 0 Å². The van der Waals surface area contributed by atoms with Crippen molar-refractivity contribution in [1.29, 1.82) is 0 Å². The number of nitrogens with one attached hydrogen (secondary N) is 1. The summed E-state index contributed by atoms with van der Waals surface area (Å²) in [5.74, 6) is 0.158. The molecule has 6 heteroatoms. The quantitative estimate of drug-likeness (QED) is 0.558. The van der Waals surface area contributed by atoms with Crippen LogP contribution in [0.2, 0.25) is 0 Å². The first-order valence-corrected chi connectivity index (χ1v) is 6.99. The number of ether oxygens (including phenoxy) is 2. The molecule has 1 atom stereocenters. The van der Waals surface area contributed by atoms with Crippen molar-refractivity contribution in [2.75, 3.05) is 45.5 Å². The van der Waals surface area contributed by atoms with E-state index in [0.29, 0.717) is 26.4 Å². The highest BCUT2D eigenvalue weighted by atomic mass is 32.2. The molecule has 0 aromatic carbocycles. The van der Waals surface area contributed by atoms with Crippen LogP contribution in [0.4, 0.5) is 0 Å².